The fraction of sp³-hybridized carbons (Fsp3) is 0.300. The number of pyridine rings is 2. The van der Waals surface area contributed by atoms with Gasteiger partial charge in [-0.05, 0) is 45.9 Å². The van der Waals surface area contributed by atoms with E-state index in [4.69, 9.17) is 14.9 Å². The third-order valence-electron chi connectivity index (χ3n) is 3.36. The van der Waals surface area contributed by atoms with Crippen LogP contribution in [0.15, 0.2) is 58.8 Å². The third kappa shape index (κ3) is 12.1. The standard InChI is InChI=1S/C20H21N3O5S4/c21-15(27-19(25)9-13-29-31-16-5-1-3-11-22-16)7-8-18(24)28-20(26)10-14-30-32-17-6-2-4-12-23-17/h1-6,11-12,21H,7-10,13-14H2. The Balaban J connectivity index is 1.49. The van der Waals surface area contributed by atoms with Crippen molar-refractivity contribution in [2.24, 2.45) is 0 Å². The maximum Gasteiger partial charge on any atom is 0.314 e. The molecule has 12 heteroatoms. The molecule has 2 rings (SSSR count). The number of hydrogen-bond donors (Lipinski definition) is 1. The van der Waals surface area contributed by atoms with Gasteiger partial charge in [0.25, 0.3) is 0 Å². The highest BCUT2D eigenvalue weighted by Gasteiger charge is 2.14. The van der Waals surface area contributed by atoms with Gasteiger partial charge in [-0.25, -0.2) is 9.97 Å². The number of rotatable bonds is 13. The van der Waals surface area contributed by atoms with Gasteiger partial charge in [0.2, 0.25) is 0 Å². The minimum atomic E-state index is -0.750. The quantitative estimate of drug-likeness (QED) is 0.0996. The fourth-order valence-corrected chi connectivity index (χ4v) is 5.63. The van der Waals surface area contributed by atoms with Crippen molar-refractivity contribution in [1.29, 1.82) is 5.41 Å². The van der Waals surface area contributed by atoms with Gasteiger partial charge in [-0.15, -0.1) is 0 Å². The summed E-state index contributed by atoms with van der Waals surface area (Å²) in [7, 11) is 5.78. The van der Waals surface area contributed by atoms with Crippen LogP contribution in [0.1, 0.15) is 25.7 Å². The molecule has 0 aliphatic rings. The summed E-state index contributed by atoms with van der Waals surface area (Å²) in [5, 5.41) is 9.34. The van der Waals surface area contributed by atoms with Gasteiger partial charge >= 0.3 is 17.9 Å². The number of carbonyl (C=O) groups is 3. The molecule has 0 spiro atoms. The fourth-order valence-electron chi connectivity index (χ4n) is 1.93. The molecule has 0 unspecified atom stereocenters. The molecular formula is C20H21N3O5S4. The van der Waals surface area contributed by atoms with Crippen molar-refractivity contribution >= 4 is 67.0 Å². The SMILES string of the molecule is N=C(CCC(=O)OC(=O)CCSSc1ccccn1)OC(=O)CCSSc1ccccn1. The van der Waals surface area contributed by atoms with Crippen molar-refractivity contribution in [3.63, 3.8) is 0 Å². The smallest absolute Gasteiger partial charge is 0.314 e. The minimum absolute atomic E-state index is 0.0802. The van der Waals surface area contributed by atoms with Crippen LogP contribution < -0.4 is 0 Å². The molecule has 1 N–H and O–H groups in total. The highest BCUT2D eigenvalue weighted by atomic mass is 33.1. The van der Waals surface area contributed by atoms with E-state index >= 15 is 0 Å². The Morgan fingerprint density at radius 2 is 1.22 bits per heavy atom. The molecule has 0 amide bonds. The zero-order chi connectivity index (χ0) is 23.0. The van der Waals surface area contributed by atoms with E-state index in [1.165, 1.54) is 43.2 Å². The van der Waals surface area contributed by atoms with E-state index in [2.05, 4.69) is 9.97 Å². The Morgan fingerprint density at radius 3 is 1.72 bits per heavy atom. The second kappa shape index (κ2) is 15.7. The van der Waals surface area contributed by atoms with Crippen LogP contribution in [0.3, 0.4) is 0 Å². The number of nitrogens with one attached hydrogen (secondary N) is 1. The summed E-state index contributed by atoms with van der Waals surface area (Å²) in [6, 6.07) is 11.1. The maximum absolute atomic E-state index is 11.8. The molecular weight excluding hydrogens is 491 g/mol. The average molecular weight is 512 g/mol. The van der Waals surface area contributed by atoms with E-state index in [-0.39, 0.29) is 31.6 Å². The lowest BCUT2D eigenvalue weighted by molar-refractivity contribution is -0.159. The van der Waals surface area contributed by atoms with E-state index in [0.717, 1.165) is 10.1 Å². The van der Waals surface area contributed by atoms with E-state index in [1.54, 1.807) is 12.4 Å². The Labute approximate surface area is 201 Å². The number of aromatic nitrogens is 2. The van der Waals surface area contributed by atoms with Crippen LogP contribution in [0, 0.1) is 5.41 Å². The van der Waals surface area contributed by atoms with Gasteiger partial charge in [-0.1, -0.05) is 33.7 Å². The monoisotopic (exact) mass is 511 g/mol. The second-order valence-corrected chi connectivity index (χ2v) is 10.8. The lowest BCUT2D eigenvalue weighted by Crippen LogP contribution is -2.16. The first-order valence-electron chi connectivity index (χ1n) is 9.45. The van der Waals surface area contributed by atoms with Gasteiger partial charge < -0.3 is 9.47 Å². The average Bonchev–Trinajstić information content (AvgIpc) is 2.79. The van der Waals surface area contributed by atoms with Crippen molar-refractivity contribution < 1.29 is 23.9 Å². The topological polar surface area (TPSA) is 119 Å². The molecule has 0 aliphatic heterocycles. The first kappa shape index (κ1) is 26.2. The number of hydrogen-bond acceptors (Lipinski definition) is 12. The number of ether oxygens (including phenoxy) is 2. The van der Waals surface area contributed by atoms with E-state index in [1.807, 2.05) is 36.4 Å². The van der Waals surface area contributed by atoms with Crippen LogP contribution in [-0.4, -0.2) is 45.3 Å². The predicted molar refractivity (Wildman–Crippen MR) is 128 cm³/mol. The van der Waals surface area contributed by atoms with Crippen LogP contribution in [0.25, 0.3) is 0 Å². The van der Waals surface area contributed by atoms with Gasteiger partial charge in [0.1, 0.15) is 10.1 Å². The Morgan fingerprint density at radius 1 is 0.719 bits per heavy atom. The van der Waals surface area contributed by atoms with Crippen LogP contribution in [0.2, 0.25) is 0 Å². The van der Waals surface area contributed by atoms with Crippen molar-refractivity contribution in [3.05, 3.63) is 48.8 Å². The summed E-state index contributed by atoms with van der Waals surface area (Å²) in [4.78, 5) is 43.5. The molecule has 0 aromatic carbocycles. The summed E-state index contributed by atoms with van der Waals surface area (Å²) in [6.07, 6.45) is 3.27. The zero-order valence-corrected chi connectivity index (χ0v) is 20.2. The molecule has 0 saturated heterocycles. The van der Waals surface area contributed by atoms with Gasteiger partial charge in [0, 0.05) is 30.3 Å². The van der Waals surface area contributed by atoms with Gasteiger partial charge in [0.15, 0.2) is 5.90 Å². The molecule has 0 bridgehead atoms. The van der Waals surface area contributed by atoms with Gasteiger partial charge in [-0.3, -0.25) is 19.8 Å². The molecule has 2 aromatic rings. The van der Waals surface area contributed by atoms with Crippen LogP contribution in [0.4, 0.5) is 0 Å². The van der Waals surface area contributed by atoms with Crippen molar-refractivity contribution in [3.8, 4) is 0 Å². The first-order valence-corrected chi connectivity index (χ1v) is 14.1. The highest BCUT2D eigenvalue weighted by Crippen LogP contribution is 2.30. The molecule has 0 aliphatic carbocycles. The molecule has 32 heavy (non-hydrogen) atoms. The van der Waals surface area contributed by atoms with E-state index < -0.39 is 17.9 Å². The predicted octanol–water partition coefficient (Wildman–Crippen LogP) is 4.81. The lowest BCUT2D eigenvalue weighted by atomic mass is 10.3. The molecule has 0 radical (unpaired) electrons. The Hall–Kier alpha value is -2.02. The summed E-state index contributed by atoms with van der Waals surface area (Å²) < 4.78 is 9.60. The summed E-state index contributed by atoms with van der Waals surface area (Å²) in [5.74, 6) is -1.28. The molecule has 0 saturated carbocycles. The summed E-state index contributed by atoms with van der Waals surface area (Å²) >= 11 is 0. The van der Waals surface area contributed by atoms with Crippen LogP contribution >= 0.6 is 43.2 Å². The molecule has 170 valence electrons. The summed E-state index contributed by atoms with van der Waals surface area (Å²) in [6.45, 7) is 0. The molecule has 2 heterocycles. The first-order chi connectivity index (χ1) is 15.5. The van der Waals surface area contributed by atoms with Crippen LogP contribution in [0.5, 0.6) is 0 Å². The third-order valence-corrected chi connectivity index (χ3v) is 7.90. The molecule has 2 aromatic heterocycles. The largest absolute Gasteiger partial charge is 0.412 e. The second-order valence-electron chi connectivity index (χ2n) is 5.89. The van der Waals surface area contributed by atoms with Crippen molar-refractivity contribution in [2.45, 2.75) is 35.7 Å². The number of carbonyl (C=O) groups excluding carboxylic acids is 3. The normalized spacial score (nSPS) is 10.4. The van der Waals surface area contributed by atoms with Crippen molar-refractivity contribution in [1.82, 2.24) is 9.97 Å². The van der Waals surface area contributed by atoms with Crippen LogP contribution in [-0.2, 0) is 23.9 Å². The molecule has 0 fully saturated rings. The number of esters is 3. The van der Waals surface area contributed by atoms with E-state index in [0.29, 0.717) is 11.5 Å². The maximum atomic E-state index is 11.8. The van der Waals surface area contributed by atoms with E-state index in [9.17, 15) is 14.4 Å². The lowest BCUT2D eigenvalue weighted by Gasteiger charge is -2.06. The molecule has 8 nitrogen and oxygen atoms in total. The van der Waals surface area contributed by atoms with Gasteiger partial charge in [0.05, 0.1) is 19.3 Å². The minimum Gasteiger partial charge on any atom is -0.412 e. The number of nitrogens with zero attached hydrogens (tertiary/aromatic N) is 2. The Kier molecular flexibility index (Phi) is 12.9. The highest BCUT2D eigenvalue weighted by molar-refractivity contribution is 8.77. The van der Waals surface area contributed by atoms with Crippen molar-refractivity contribution in [2.75, 3.05) is 11.5 Å². The zero-order valence-electron chi connectivity index (χ0n) is 16.9. The Bertz CT molecular complexity index is 814. The summed E-state index contributed by atoms with van der Waals surface area (Å²) in [5.41, 5.74) is 0. The van der Waals surface area contributed by atoms with Gasteiger partial charge in [-0.2, -0.15) is 0 Å². The molecule has 0 atom stereocenters.